The Morgan fingerprint density at radius 1 is 1.26 bits per heavy atom. The van der Waals surface area contributed by atoms with Crippen molar-refractivity contribution < 1.29 is 9.63 Å². The van der Waals surface area contributed by atoms with Crippen molar-refractivity contribution in [3.8, 4) is 0 Å². The van der Waals surface area contributed by atoms with Gasteiger partial charge in [0.05, 0.1) is 0 Å². The van der Waals surface area contributed by atoms with E-state index in [1.807, 2.05) is 0 Å². The minimum atomic E-state index is -0.101. The van der Waals surface area contributed by atoms with E-state index in [-0.39, 0.29) is 5.91 Å². The van der Waals surface area contributed by atoms with E-state index in [1.165, 1.54) is 39.3 Å². The highest BCUT2D eigenvalue weighted by Gasteiger charge is 2.09. The fraction of sp³-hybridized carbons (Fsp3) is 0.529. The van der Waals surface area contributed by atoms with Gasteiger partial charge in [0.2, 0.25) is 5.91 Å². The van der Waals surface area contributed by atoms with E-state index in [0.29, 0.717) is 12.4 Å². The molecule has 1 fully saturated rings. The third kappa shape index (κ3) is 6.28. The number of rotatable bonds is 7. The highest BCUT2D eigenvalue weighted by molar-refractivity contribution is 5.97. The van der Waals surface area contributed by atoms with Crippen molar-refractivity contribution in [1.82, 2.24) is 4.90 Å². The second-order valence-electron chi connectivity index (χ2n) is 5.82. The second-order valence-corrected chi connectivity index (χ2v) is 5.82. The van der Waals surface area contributed by atoms with Gasteiger partial charge in [-0.15, -0.1) is 0 Å². The summed E-state index contributed by atoms with van der Waals surface area (Å²) in [4.78, 5) is 18.7. The number of nitrogens with two attached hydrogens (primary N) is 1. The van der Waals surface area contributed by atoms with Gasteiger partial charge in [-0.25, -0.2) is 0 Å². The molecule has 0 unspecified atom stereocenters. The first-order valence-corrected chi connectivity index (χ1v) is 8.21. The van der Waals surface area contributed by atoms with Crippen molar-refractivity contribution in [2.24, 2.45) is 10.9 Å². The van der Waals surface area contributed by atoms with E-state index in [2.05, 4.69) is 15.4 Å². The normalized spacial score (nSPS) is 16.1. The lowest BCUT2D eigenvalue weighted by molar-refractivity contribution is -0.114. The molecule has 0 atom stereocenters. The summed E-state index contributed by atoms with van der Waals surface area (Å²) in [7, 11) is 0. The molecular formula is C17H26N4O2. The van der Waals surface area contributed by atoms with Crippen molar-refractivity contribution in [3.63, 3.8) is 0 Å². The molecule has 0 radical (unpaired) electrons. The molecule has 1 aromatic rings. The fourth-order valence-electron chi connectivity index (χ4n) is 2.63. The Labute approximate surface area is 137 Å². The molecule has 23 heavy (non-hydrogen) atoms. The number of amidine groups is 1. The van der Waals surface area contributed by atoms with Crippen LogP contribution in [-0.2, 0) is 9.63 Å². The van der Waals surface area contributed by atoms with E-state index in [1.54, 1.807) is 24.3 Å². The molecule has 0 saturated carbocycles. The zero-order valence-corrected chi connectivity index (χ0v) is 13.8. The number of benzene rings is 1. The highest BCUT2D eigenvalue weighted by atomic mass is 16.6. The maximum atomic E-state index is 11.0. The molecule has 3 N–H and O–H groups in total. The van der Waals surface area contributed by atoms with Crippen LogP contribution in [0.5, 0.6) is 0 Å². The number of anilines is 1. The Hall–Kier alpha value is -2.08. The largest absolute Gasteiger partial charge is 0.394 e. The number of hydrogen-bond donors (Lipinski definition) is 2. The number of hydrogen-bond acceptors (Lipinski definition) is 4. The molecule has 1 aromatic carbocycles. The van der Waals surface area contributed by atoms with Crippen LogP contribution >= 0.6 is 0 Å². The summed E-state index contributed by atoms with van der Waals surface area (Å²) in [6.07, 6.45) is 4.92. The Morgan fingerprint density at radius 3 is 2.61 bits per heavy atom. The van der Waals surface area contributed by atoms with Crippen LogP contribution in [0.2, 0.25) is 0 Å². The van der Waals surface area contributed by atoms with Crippen LogP contribution in [0.3, 0.4) is 0 Å². The van der Waals surface area contributed by atoms with Crippen molar-refractivity contribution >= 4 is 17.4 Å². The predicted molar refractivity (Wildman–Crippen MR) is 92.3 cm³/mol. The number of nitrogens with one attached hydrogen (secondary N) is 1. The lowest BCUT2D eigenvalue weighted by atomic mass is 10.1. The number of nitrogens with zero attached hydrogens (tertiary/aromatic N) is 2. The second kappa shape index (κ2) is 9.15. The Bertz CT molecular complexity index is 522. The van der Waals surface area contributed by atoms with Crippen LogP contribution in [0.25, 0.3) is 0 Å². The van der Waals surface area contributed by atoms with E-state index >= 15 is 0 Å². The van der Waals surface area contributed by atoms with Crippen LogP contribution in [0.1, 0.15) is 38.2 Å². The van der Waals surface area contributed by atoms with E-state index < -0.39 is 0 Å². The summed E-state index contributed by atoms with van der Waals surface area (Å²) in [5.74, 6) is 0.244. The van der Waals surface area contributed by atoms with Gasteiger partial charge in [0.25, 0.3) is 0 Å². The zero-order chi connectivity index (χ0) is 16.5. The highest BCUT2D eigenvalue weighted by Crippen LogP contribution is 2.10. The quantitative estimate of drug-likeness (QED) is 0.349. The number of carbonyl (C=O) groups excluding carboxylic acids is 1. The molecule has 1 saturated heterocycles. The molecule has 6 nitrogen and oxygen atoms in total. The molecule has 1 aliphatic rings. The van der Waals surface area contributed by atoms with Crippen LogP contribution < -0.4 is 11.1 Å². The van der Waals surface area contributed by atoms with Gasteiger partial charge in [-0.05, 0) is 56.6 Å². The Balaban J connectivity index is 1.70. The monoisotopic (exact) mass is 318 g/mol. The van der Waals surface area contributed by atoms with Crippen molar-refractivity contribution in [3.05, 3.63) is 29.8 Å². The lowest BCUT2D eigenvalue weighted by Crippen LogP contribution is -2.31. The Kier molecular flexibility index (Phi) is 6.87. The summed E-state index contributed by atoms with van der Waals surface area (Å²) in [6, 6.07) is 7.19. The smallest absolute Gasteiger partial charge is 0.221 e. The van der Waals surface area contributed by atoms with Gasteiger partial charge < -0.3 is 20.8 Å². The first-order valence-electron chi connectivity index (χ1n) is 8.21. The topological polar surface area (TPSA) is 80.0 Å². The molecule has 1 aliphatic heterocycles. The SMILES string of the molecule is CC(=O)Nc1ccc(C(N)=NOCCCN2CCCCC2)cc1. The molecule has 1 amide bonds. The molecule has 1 heterocycles. The van der Waals surface area contributed by atoms with Gasteiger partial charge in [0.1, 0.15) is 6.61 Å². The summed E-state index contributed by atoms with van der Waals surface area (Å²) in [6.45, 7) is 5.50. The average molecular weight is 318 g/mol. The summed E-state index contributed by atoms with van der Waals surface area (Å²) >= 11 is 0. The van der Waals surface area contributed by atoms with Gasteiger partial charge in [-0.3, -0.25) is 4.79 Å². The van der Waals surface area contributed by atoms with Crippen LogP contribution in [0.4, 0.5) is 5.69 Å². The van der Waals surface area contributed by atoms with Crippen molar-refractivity contribution in [2.75, 3.05) is 31.6 Å². The molecule has 6 heteroatoms. The number of carbonyl (C=O) groups is 1. The van der Waals surface area contributed by atoms with E-state index in [9.17, 15) is 4.79 Å². The van der Waals surface area contributed by atoms with Crippen LogP contribution in [0.15, 0.2) is 29.4 Å². The molecule has 2 rings (SSSR count). The maximum Gasteiger partial charge on any atom is 0.221 e. The van der Waals surface area contributed by atoms with Gasteiger partial charge in [0.15, 0.2) is 5.84 Å². The number of piperidine rings is 1. The number of amides is 1. The Morgan fingerprint density at radius 2 is 1.96 bits per heavy atom. The lowest BCUT2D eigenvalue weighted by Gasteiger charge is -2.25. The molecule has 0 bridgehead atoms. The van der Waals surface area contributed by atoms with Gasteiger partial charge in [0, 0.05) is 24.7 Å². The molecule has 0 aromatic heterocycles. The summed E-state index contributed by atoms with van der Waals surface area (Å²) < 4.78 is 0. The molecule has 126 valence electrons. The number of likely N-dealkylation sites (tertiary alicyclic amines) is 1. The fourth-order valence-corrected chi connectivity index (χ4v) is 2.63. The first kappa shape index (κ1) is 17.3. The molecule has 0 spiro atoms. The minimum absolute atomic E-state index is 0.101. The van der Waals surface area contributed by atoms with Crippen LogP contribution in [-0.4, -0.2) is 42.9 Å². The number of oxime groups is 1. The summed E-state index contributed by atoms with van der Waals surface area (Å²) in [5.41, 5.74) is 7.40. The van der Waals surface area contributed by atoms with Gasteiger partial charge in [-0.1, -0.05) is 11.6 Å². The zero-order valence-electron chi connectivity index (χ0n) is 13.8. The standard InChI is InChI=1S/C17H26N4O2/c1-14(22)19-16-8-6-15(7-9-16)17(18)20-23-13-5-12-21-10-3-2-4-11-21/h6-9H,2-5,10-13H2,1H3,(H2,18,20)(H,19,22). The molecular weight excluding hydrogens is 292 g/mol. The van der Waals surface area contributed by atoms with Crippen molar-refractivity contribution in [2.45, 2.75) is 32.6 Å². The van der Waals surface area contributed by atoms with Crippen LogP contribution in [0, 0.1) is 0 Å². The summed E-state index contributed by atoms with van der Waals surface area (Å²) in [5, 5.41) is 6.66. The first-order chi connectivity index (χ1) is 11.1. The average Bonchev–Trinajstić information content (AvgIpc) is 2.55. The third-order valence-corrected chi connectivity index (χ3v) is 3.82. The minimum Gasteiger partial charge on any atom is -0.394 e. The van der Waals surface area contributed by atoms with Crippen molar-refractivity contribution in [1.29, 1.82) is 0 Å². The van der Waals surface area contributed by atoms with Gasteiger partial charge in [-0.2, -0.15) is 0 Å². The third-order valence-electron chi connectivity index (χ3n) is 3.82. The van der Waals surface area contributed by atoms with E-state index in [0.717, 1.165) is 24.2 Å². The van der Waals surface area contributed by atoms with E-state index in [4.69, 9.17) is 10.6 Å². The van der Waals surface area contributed by atoms with Gasteiger partial charge >= 0.3 is 0 Å². The predicted octanol–water partition coefficient (Wildman–Crippen LogP) is 2.16. The molecule has 0 aliphatic carbocycles. The maximum absolute atomic E-state index is 11.0.